The van der Waals surface area contributed by atoms with Crippen molar-refractivity contribution in [3.63, 3.8) is 0 Å². The third-order valence-electron chi connectivity index (χ3n) is 7.05. The number of methoxy groups -OCH3 is 1. The fraction of sp³-hybridized carbons (Fsp3) is 0.290. The van der Waals surface area contributed by atoms with Crippen LogP contribution in [0.2, 0.25) is 0 Å². The van der Waals surface area contributed by atoms with Crippen LogP contribution in [0.5, 0.6) is 5.75 Å². The van der Waals surface area contributed by atoms with Gasteiger partial charge in [0.1, 0.15) is 11.6 Å². The van der Waals surface area contributed by atoms with Crippen LogP contribution in [0.1, 0.15) is 37.1 Å². The number of benzene rings is 4. The SMILES string of the molecule is COc1cccc([C@@H](C)NC(C)c2cc(-c3cc(F)cc(N4CCOCC4)c3)c3ccccc3c2)c1.Cl. The maximum Gasteiger partial charge on any atom is 0.125 e. The summed E-state index contributed by atoms with van der Waals surface area (Å²) in [5.41, 5.74) is 5.17. The molecule has 0 saturated carbocycles. The first-order valence-electron chi connectivity index (χ1n) is 12.6. The van der Waals surface area contributed by atoms with Crippen molar-refractivity contribution < 1.29 is 13.9 Å². The summed E-state index contributed by atoms with van der Waals surface area (Å²) in [5, 5.41) is 5.99. The topological polar surface area (TPSA) is 33.7 Å². The van der Waals surface area contributed by atoms with Crippen molar-refractivity contribution in [2.24, 2.45) is 0 Å². The molecule has 0 spiro atoms. The van der Waals surface area contributed by atoms with Gasteiger partial charge in [0.25, 0.3) is 0 Å². The molecule has 1 aliphatic heterocycles. The molecule has 6 heteroatoms. The summed E-state index contributed by atoms with van der Waals surface area (Å²) < 4.78 is 25.8. The Labute approximate surface area is 224 Å². The number of fused-ring (bicyclic) bond motifs is 1. The van der Waals surface area contributed by atoms with Crippen LogP contribution in [-0.2, 0) is 4.74 Å². The fourth-order valence-corrected chi connectivity index (χ4v) is 5.03. The Bertz CT molecular complexity index is 1360. The molecule has 4 aromatic carbocycles. The van der Waals surface area contributed by atoms with Gasteiger partial charge >= 0.3 is 0 Å². The minimum atomic E-state index is -0.221. The summed E-state index contributed by atoms with van der Waals surface area (Å²) in [5.74, 6) is 0.630. The Balaban J connectivity index is 0.00000320. The van der Waals surface area contributed by atoms with Crippen molar-refractivity contribution >= 4 is 28.9 Å². The Morgan fingerprint density at radius 2 is 1.62 bits per heavy atom. The smallest absolute Gasteiger partial charge is 0.125 e. The summed E-state index contributed by atoms with van der Waals surface area (Å²) in [6.45, 7) is 7.21. The molecule has 2 atom stereocenters. The molecule has 1 saturated heterocycles. The van der Waals surface area contributed by atoms with Crippen LogP contribution in [0.25, 0.3) is 21.9 Å². The van der Waals surface area contributed by atoms with E-state index in [9.17, 15) is 4.39 Å². The highest BCUT2D eigenvalue weighted by Crippen LogP contribution is 2.35. The molecule has 1 fully saturated rings. The average Bonchev–Trinajstić information content (AvgIpc) is 2.92. The zero-order valence-corrected chi connectivity index (χ0v) is 22.4. The number of halogens is 2. The standard InChI is InChI=1S/C31H33FN2O2.ClH/c1-21(23-8-6-9-29(18-23)35-3)33-22(2)25-15-24-7-4-5-10-30(24)31(19-25)26-16-27(32)20-28(17-26)34-11-13-36-14-12-34;/h4-10,15-22,33H,11-14H2,1-3H3;1H/t21-,22?;/m1./s1. The van der Waals surface area contributed by atoms with Gasteiger partial charge in [0, 0.05) is 30.9 Å². The summed E-state index contributed by atoms with van der Waals surface area (Å²) in [6, 6.07) is 26.5. The maximum absolute atomic E-state index is 14.9. The van der Waals surface area contributed by atoms with Gasteiger partial charge in [0.05, 0.1) is 20.3 Å². The van der Waals surface area contributed by atoms with Crippen molar-refractivity contribution in [2.75, 3.05) is 38.3 Å². The summed E-state index contributed by atoms with van der Waals surface area (Å²) in [4.78, 5) is 2.20. The fourth-order valence-electron chi connectivity index (χ4n) is 5.03. The Morgan fingerprint density at radius 1 is 0.865 bits per heavy atom. The van der Waals surface area contributed by atoms with E-state index in [1.807, 2.05) is 18.2 Å². The molecule has 0 radical (unpaired) electrons. The number of ether oxygens (including phenoxy) is 2. The normalized spacial score (nSPS) is 15.2. The molecule has 1 unspecified atom stereocenters. The lowest BCUT2D eigenvalue weighted by atomic mass is 9.92. The van der Waals surface area contributed by atoms with Crippen LogP contribution in [0, 0.1) is 5.82 Å². The van der Waals surface area contributed by atoms with Crippen molar-refractivity contribution in [1.29, 1.82) is 0 Å². The van der Waals surface area contributed by atoms with E-state index in [1.54, 1.807) is 19.2 Å². The highest BCUT2D eigenvalue weighted by atomic mass is 35.5. The minimum Gasteiger partial charge on any atom is -0.497 e. The number of rotatable bonds is 7. The summed E-state index contributed by atoms with van der Waals surface area (Å²) in [6.07, 6.45) is 0. The molecule has 1 N–H and O–H groups in total. The lowest BCUT2D eigenvalue weighted by Crippen LogP contribution is -2.36. The second-order valence-electron chi connectivity index (χ2n) is 9.47. The van der Waals surface area contributed by atoms with Crippen LogP contribution in [-0.4, -0.2) is 33.4 Å². The van der Waals surface area contributed by atoms with Gasteiger partial charge in [-0.05, 0) is 89.3 Å². The molecular formula is C31H34ClFN2O2. The molecule has 194 valence electrons. The molecule has 1 aliphatic rings. The van der Waals surface area contributed by atoms with E-state index in [2.05, 4.69) is 72.6 Å². The van der Waals surface area contributed by atoms with E-state index in [0.717, 1.165) is 52.0 Å². The number of hydrogen-bond donors (Lipinski definition) is 1. The lowest BCUT2D eigenvalue weighted by Gasteiger charge is -2.29. The molecule has 4 nitrogen and oxygen atoms in total. The van der Waals surface area contributed by atoms with Gasteiger partial charge < -0.3 is 19.7 Å². The van der Waals surface area contributed by atoms with Crippen LogP contribution in [0.15, 0.2) is 78.9 Å². The number of nitrogens with zero attached hydrogens (tertiary/aromatic N) is 1. The van der Waals surface area contributed by atoms with Crippen LogP contribution < -0.4 is 15.0 Å². The Kier molecular flexibility index (Phi) is 8.70. The van der Waals surface area contributed by atoms with E-state index in [1.165, 1.54) is 5.56 Å². The second-order valence-corrected chi connectivity index (χ2v) is 9.47. The Hall–Kier alpha value is -3.12. The molecule has 4 aromatic rings. The molecular weight excluding hydrogens is 487 g/mol. The van der Waals surface area contributed by atoms with E-state index < -0.39 is 0 Å². The monoisotopic (exact) mass is 520 g/mol. The predicted molar refractivity (Wildman–Crippen MR) is 153 cm³/mol. The van der Waals surface area contributed by atoms with Gasteiger partial charge in [-0.3, -0.25) is 0 Å². The van der Waals surface area contributed by atoms with E-state index in [4.69, 9.17) is 9.47 Å². The van der Waals surface area contributed by atoms with Crippen molar-refractivity contribution in [1.82, 2.24) is 5.32 Å². The third-order valence-corrected chi connectivity index (χ3v) is 7.05. The van der Waals surface area contributed by atoms with E-state index in [-0.39, 0.29) is 30.3 Å². The lowest BCUT2D eigenvalue weighted by molar-refractivity contribution is 0.122. The van der Waals surface area contributed by atoms with Gasteiger partial charge in [-0.25, -0.2) is 4.39 Å². The highest BCUT2D eigenvalue weighted by Gasteiger charge is 2.17. The molecule has 1 heterocycles. The van der Waals surface area contributed by atoms with Gasteiger partial charge in [0.15, 0.2) is 0 Å². The maximum atomic E-state index is 14.9. The van der Waals surface area contributed by atoms with Crippen LogP contribution >= 0.6 is 12.4 Å². The van der Waals surface area contributed by atoms with E-state index in [0.29, 0.717) is 13.2 Å². The van der Waals surface area contributed by atoms with Crippen LogP contribution in [0.4, 0.5) is 10.1 Å². The number of anilines is 1. The third kappa shape index (κ3) is 6.07. The highest BCUT2D eigenvalue weighted by molar-refractivity contribution is 5.97. The minimum absolute atomic E-state index is 0. The molecule has 0 amide bonds. The van der Waals surface area contributed by atoms with Gasteiger partial charge in [-0.1, -0.05) is 36.4 Å². The first kappa shape index (κ1) is 26.9. The zero-order valence-electron chi connectivity index (χ0n) is 21.5. The van der Waals surface area contributed by atoms with E-state index >= 15 is 0 Å². The summed E-state index contributed by atoms with van der Waals surface area (Å²) >= 11 is 0. The van der Waals surface area contributed by atoms with Gasteiger partial charge in [0.2, 0.25) is 0 Å². The molecule has 37 heavy (non-hydrogen) atoms. The first-order valence-corrected chi connectivity index (χ1v) is 12.6. The molecule has 0 bridgehead atoms. The largest absolute Gasteiger partial charge is 0.497 e. The first-order chi connectivity index (χ1) is 17.5. The number of nitrogens with one attached hydrogen (secondary N) is 1. The second kappa shape index (κ2) is 12.0. The van der Waals surface area contributed by atoms with Gasteiger partial charge in [-0.15, -0.1) is 12.4 Å². The molecule has 0 aromatic heterocycles. The molecule has 5 rings (SSSR count). The summed E-state index contributed by atoms with van der Waals surface area (Å²) in [7, 11) is 1.69. The van der Waals surface area contributed by atoms with Crippen molar-refractivity contribution in [3.05, 3.63) is 95.8 Å². The number of hydrogen-bond acceptors (Lipinski definition) is 4. The quantitative estimate of drug-likeness (QED) is 0.277. The predicted octanol–water partition coefficient (Wildman–Crippen LogP) is 7.32. The van der Waals surface area contributed by atoms with Crippen molar-refractivity contribution in [2.45, 2.75) is 25.9 Å². The average molecular weight is 521 g/mol. The van der Waals surface area contributed by atoms with Gasteiger partial charge in [-0.2, -0.15) is 0 Å². The zero-order chi connectivity index (χ0) is 25.1. The molecule has 0 aliphatic carbocycles. The Morgan fingerprint density at radius 3 is 2.41 bits per heavy atom. The van der Waals surface area contributed by atoms with Crippen molar-refractivity contribution in [3.8, 4) is 16.9 Å². The van der Waals surface area contributed by atoms with Crippen LogP contribution in [0.3, 0.4) is 0 Å². The number of morpholine rings is 1.